The SMILES string of the molecule is COc1ccc2c(c1)[C@@]1(C)CC[C@H](O[C@@H]3O[C@H](CO)[C@@H](O[C@H]4O[C@H](CO)[C@@H](O)[C@H](O)[C@H]4O)[C@H](O)[C@H]3O)C(C)(C)[C@H]1CO2. The third-order valence-electron chi connectivity index (χ3n) is 9.89. The van der Waals surface area contributed by atoms with E-state index in [1.54, 1.807) is 7.11 Å². The summed E-state index contributed by atoms with van der Waals surface area (Å²) in [6.45, 7) is 5.54. The molecule has 5 rings (SSSR count). The molecule has 1 aliphatic carbocycles. The molecule has 238 valence electrons. The maximum Gasteiger partial charge on any atom is 0.187 e. The van der Waals surface area contributed by atoms with Crippen LogP contribution in [0, 0.1) is 11.3 Å². The number of aliphatic hydroxyl groups excluding tert-OH is 7. The summed E-state index contributed by atoms with van der Waals surface area (Å²) in [6, 6.07) is 5.82. The maximum atomic E-state index is 11.0. The Morgan fingerprint density at radius 1 is 0.833 bits per heavy atom. The minimum absolute atomic E-state index is 0.0323. The van der Waals surface area contributed by atoms with E-state index in [0.717, 1.165) is 23.5 Å². The van der Waals surface area contributed by atoms with Crippen molar-refractivity contribution in [1.82, 2.24) is 0 Å². The number of ether oxygens (including phenoxy) is 6. The molecule has 0 spiro atoms. The summed E-state index contributed by atoms with van der Waals surface area (Å²) in [4.78, 5) is 0. The molecule has 13 heteroatoms. The molecular formula is C29H44O13. The van der Waals surface area contributed by atoms with Crippen LogP contribution < -0.4 is 9.47 Å². The number of fused-ring (bicyclic) bond motifs is 3. The molecule has 13 atom stereocenters. The van der Waals surface area contributed by atoms with Crippen molar-refractivity contribution in [2.24, 2.45) is 11.3 Å². The Labute approximate surface area is 244 Å². The zero-order chi connectivity index (χ0) is 30.6. The summed E-state index contributed by atoms with van der Waals surface area (Å²) in [6.07, 6.45) is -14.0. The quantitative estimate of drug-likeness (QED) is 0.197. The number of benzene rings is 1. The molecule has 0 amide bonds. The van der Waals surface area contributed by atoms with Gasteiger partial charge in [-0.2, -0.15) is 0 Å². The summed E-state index contributed by atoms with van der Waals surface area (Å²) in [5.41, 5.74) is 0.386. The summed E-state index contributed by atoms with van der Waals surface area (Å²) in [5, 5.41) is 72.1. The Morgan fingerprint density at radius 2 is 1.48 bits per heavy atom. The van der Waals surface area contributed by atoms with E-state index in [9.17, 15) is 35.7 Å². The van der Waals surface area contributed by atoms with Gasteiger partial charge in [-0.1, -0.05) is 20.8 Å². The predicted octanol–water partition coefficient (Wildman–Crippen LogP) is -1.21. The van der Waals surface area contributed by atoms with Crippen molar-refractivity contribution in [3.8, 4) is 11.5 Å². The Morgan fingerprint density at radius 3 is 2.14 bits per heavy atom. The van der Waals surface area contributed by atoms with E-state index in [4.69, 9.17) is 28.4 Å². The van der Waals surface area contributed by atoms with E-state index in [1.165, 1.54) is 0 Å². The van der Waals surface area contributed by atoms with Crippen LogP contribution in [-0.2, 0) is 24.4 Å². The molecular weight excluding hydrogens is 556 g/mol. The van der Waals surface area contributed by atoms with Crippen LogP contribution in [0.15, 0.2) is 18.2 Å². The fraction of sp³-hybridized carbons (Fsp3) is 0.793. The lowest BCUT2D eigenvalue weighted by atomic mass is 9.52. The first-order valence-corrected chi connectivity index (χ1v) is 14.4. The Bertz CT molecular complexity index is 1080. The second kappa shape index (κ2) is 12.1. The van der Waals surface area contributed by atoms with Crippen LogP contribution >= 0.6 is 0 Å². The van der Waals surface area contributed by atoms with Gasteiger partial charge in [0, 0.05) is 16.9 Å². The van der Waals surface area contributed by atoms with E-state index in [1.807, 2.05) is 18.2 Å². The molecule has 0 unspecified atom stereocenters. The number of hydrogen-bond donors (Lipinski definition) is 7. The fourth-order valence-corrected chi connectivity index (χ4v) is 7.20. The van der Waals surface area contributed by atoms with Gasteiger partial charge in [0.2, 0.25) is 0 Å². The number of methoxy groups -OCH3 is 1. The van der Waals surface area contributed by atoms with Gasteiger partial charge in [-0.05, 0) is 36.5 Å². The highest BCUT2D eigenvalue weighted by Crippen LogP contribution is 2.58. The number of hydrogen-bond acceptors (Lipinski definition) is 13. The molecule has 42 heavy (non-hydrogen) atoms. The number of aliphatic hydroxyl groups is 7. The standard InChI is InChI=1S/C29H44O13/c1-28(2)18-12-38-15-6-5-13(37-4)9-14(15)29(18,3)8-7-19(28)41-26-24(36)22(34)25(17(11-31)40-26)42-27-23(35)21(33)20(32)16(10-30)39-27/h5-6,9,16-27,30-36H,7-8,10-12H2,1-4H3/t16-,17-,18-,19+,20-,21+,22-,23-,24-,25-,26+,27-,29-/m1/s1. The first-order chi connectivity index (χ1) is 19.9. The van der Waals surface area contributed by atoms with Crippen molar-refractivity contribution in [3.63, 3.8) is 0 Å². The normalized spacial score (nSPS) is 44.9. The molecule has 1 aromatic carbocycles. The summed E-state index contributed by atoms with van der Waals surface area (Å²) < 4.78 is 34.9. The van der Waals surface area contributed by atoms with Crippen molar-refractivity contribution in [3.05, 3.63) is 23.8 Å². The van der Waals surface area contributed by atoms with Gasteiger partial charge >= 0.3 is 0 Å². The van der Waals surface area contributed by atoms with Gasteiger partial charge in [-0.15, -0.1) is 0 Å². The van der Waals surface area contributed by atoms with Gasteiger partial charge in [0.15, 0.2) is 12.6 Å². The van der Waals surface area contributed by atoms with Gasteiger partial charge in [0.05, 0.1) is 33.0 Å². The minimum Gasteiger partial charge on any atom is -0.497 e. The van der Waals surface area contributed by atoms with Crippen LogP contribution in [0.4, 0.5) is 0 Å². The van der Waals surface area contributed by atoms with E-state index in [0.29, 0.717) is 13.0 Å². The first kappa shape index (κ1) is 31.8. The van der Waals surface area contributed by atoms with Crippen LogP contribution in [0.2, 0.25) is 0 Å². The van der Waals surface area contributed by atoms with Crippen molar-refractivity contribution >= 4 is 0 Å². The zero-order valence-electron chi connectivity index (χ0n) is 24.3. The van der Waals surface area contributed by atoms with Crippen molar-refractivity contribution in [1.29, 1.82) is 0 Å². The van der Waals surface area contributed by atoms with E-state index in [-0.39, 0.29) is 11.3 Å². The summed E-state index contributed by atoms with van der Waals surface area (Å²) in [5.74, 6) is 1.61. The smallest absolute Gasteiger partial charge is 0.187 e. The lowest BCUT2D eigenvalue weighted by Crippen LogP contribution is -2.65. The monoisotopic (exact) mass is 600 g/mol. The van der Waals surface area contributed by atoms with Crippen molar-refractivity contribution in [2.45, 2.75) is 107 Å². The number of rotatable bonds is 7. The third-order valence-corrected chi connectivity index (χ3v) is 9.89. The molecule has 4 aliphatic rings. The molecule has 3 heterocycles. The topological polar surface area (TPSA) is 197 Å². The van der Waals surface area contributed by atoms with Gasteiger partial charge in [-0.25, -0.2) is 0 Å². The molecule has 1 aromatic rings. The van der Waals surface area contributed by atoms with Gasteiger partial charge in [0.25, 0.3) is 0 Å². The highest BCUT2D eigenvalue weighted by atomic mass is 16.7. The Balaban J connectivity index is 1.30. The average Bonchev–Trinajstić information content (AvgIpc) is 2.97. The Hall–Kier alpha value is -1.62. The lowest BCUT2D eigenvalue weighted by Gasteiger charge is -2.57. The molecule has 0 radical (unpaired) electrons. The van der Waals surface area contributed by atoms with Crippen LogP contribution in [-0.4, -0.2) is 130 Å². The summed E-state index contributed by atoms with van der Waals surface area (Å²) in [7, 11) is 1.63. The van der Waals surface area contributed by atoms with Gasteiger partial charge < -0.3 is 64.2 Å². The van der Waals surface area contributed by atoms with Gasteiger partial charge in [0.1, 0.15) is 60.3 Å². The second-order valence-electron chi connectivity index (χ2n) is 12.6. The van der Waals surface area contributed by atoms with Crippen LogP contribution in [0.25, 0.3) is 0 Å². The minimum atomic E-state index is -1.74. The Kier molecular flexibility index (Phi) is 9.12. The van der Waals surface area contributed by atoms with Crippen molar-refractivity contribution < 1.29 is 64.2 Å². The molecule has 0 aromatic heterocycles. The molecule has 13 nitrogen and oxygen atoms in total. The van der Waals surface area contributed by atoms with E-state index in [2.05, 4.69) is 20.8 Å². The first-order valence-electron chi connectivity index (χ1n) is 14.4. The molecule has 0 bridgehead atoms. The largest absolute Gasteiger partial charge is 0.497 e. The predicted molar refractivity (Wildman–Crippen MR) is 144 cm³/mol. The average molecular weight is 601 g/mol. The van der Waals surface area contributed by atoms with Gasteiger partial charge in [-0.3, -0.25) is 0 Å². The van der Waals surface area contributed by atoms with Crippen LogP contribution in [0.3, 0.4) is 0 Å². The highest BCUT2D eigenvalue weighted by Gasteiger charge is 2.57. The third kappa shape index (κ3) is 5.32. The van der Waals surface area contributed by atoms with Crippen LogP contribution in [0.5, 0.6) is 11.5 Å². The molecule has 7 N–H and O–H groups in total. The highest BCUT2D eigenvalue weighted by molar-refractivity contribution is 5.47. The van der Waals surface area contributed by atoms with Crippen molar-refractivity contribution in [2.75, 3.05) is 26.9 Å². The maximum absolute atomic E-state index is 11.0. The molecule has 2 saturated heterocycles. The summed E-state index contributed by atoms with van der Waals surface area (Å²) >= 11 is 0. The molecule has 3 fully saturated rings. The lowest BCUT2D eigenvalue weighted by molar-refractivity contribution is -0.367. The van der Waals surface area contributed by atoms with Crippen LogP contribution in [0.1, 0.15) is 39.2 Å². The fourth-order valence-electron chi connectivity index (χ4n) is 7.20. The van der Waals surface area contributed by atoms with E-state index >= 15 is 0 Å². The van der Waals surface area contributed by atoms with E-state index < -0.39 is 86.1 Å². The zero-order valence-corrected chi connectivity index (χ0v) is 24.3. The molecule has 3 aliphatic heterocycles. The molecule has 1 saturated carbocycles. The second-order valence-corrected chi connectivity index (χ2v) is 12.6.